The van der Waals surface area contributed by atoms with Crippen molar-refractivity contribution in [1.82, 2.24) is 20.1 Å². The Kier molecular flexibility index (Phi) is 5.24. The number of phenols is 1. The molecule has 1 saturated heterocycles. The molecule has 2 N–H and O–H groups in total. The van der Waals surface area contributed by atoms with Crippen LogP contribution in [-0.4, -0.2) is 65.5 Å². The number of terminal acetylenes is 1. The van der Waals surface area contributed by atoms with Crippen LogP contribution >= 0.6 is 0 Å². The summed E-state index contributed by atoms with van der Waals surface area (Å²) in [6, 6.07) is 5.35. The number of likely N-dealkylation sites (tertiary alicyclic amines) is 1. The number of hydrogen-bond donors (Lipinski definition) is 2. The van der Waals surface area contributed by atoms with Crippen molar-refractivity contribution < 1.29 is 5.11 Å². The zero-order valence-corrected chi connectivity index (χ0v) is 15.4. The van der Waals surface area contributed by atoms with Gasteiger partial charge in [-0.3, -0.25) is 0 Å². The van der Waals surface area contributed by atoms with Gasteiger partial charge in [0.05, 0.1) is 0 Å². The van der Waals surface area contributed by atoms with Crippen LogP contribution in [0, 0.1) is 12.3 Å². The van der Waals surface area contributed by atoms with Crippen LogP contribution in [-0.2, 0) is 0 Å². The maximum absolute atomic E-state index is 10.3. The van der Waals surface area contributed by atoms with Gasteiger partial charge in [0.1, 0.15) is 11.4 Å². The van der Waals surface area contributed by atoms with Gasteiger partial charge in [-0.1, -0.05) is 5.92 Å². The molecule has 0 spiro atoms. The summed E-state index contributed by atoms with van der Waals surface area (Å²) in [6.07, 6.45) is 7.62. The van der Waals surface area contributed by atoms with E-state index in [1.807, 2.05) is 19.0 Å². The van der Waals surface area contributed by atoms with E-state index in [1.165, 1.54) is 0 Å². The molecule has 7 heteroatoms. The minimum absolute atomic E-state index is 0.0641. The molecule has 1 aliphatic rings. The van der Waals surface area contributed by atoms with E-state index in [1.54, 1.807) is 18.2 Å². The topological polar surface area (TPSA) is 77.4 Å². The van der Waals surface area contributed by atoms with Crippen LogP contribution in [0.25, 0.3) is 11.3 Å². The second kappa shape index (κ2) is 7.58. The predicted molar refractivity (Wildman–Crippen MR) is 103 cm³/mol. The Bertz CT molecular complexity index is 829. The lowest BCUT2D eigenvalue weighted by molar-refractivity contribution is 0.260. The second-order valence-electron chi connectivity index (χ2n) is 6.82. The monoisotopic (exact) mass is 352 g/mol. The van der Waals surface area contributed by atoms with Gasteiger partial charge in [0.15, 0.2) is 5.82 Å². The van der Waals surface area contributed by atoms with Crippen molar-refractivity contribution >= 4 is 11.8 Å². The predicted octanol–water partition coefficient (Wildman–Crippen LogP) is 1.80. The van der Waals surface area contributed by atoms with Crippen LogP contribution in [0.5, 0.6) is 5.75 Å². The molecule has 1 atom stereocenters. The number of anilines is 2. The third-order valence-corrected chi connectivity index (χ3v) is 4.47. The number of phenolic OH excluding ortho intramolecular Hbond substituents is 1. The van der Waals surface area contributed by atoms with Crippen LogP contribution in [0.3, 0.4) is 0 Å². The van der Waals surface area contributed by atoms with Crippen molar-refractivity contribution in [3.05, 3.63) is 23.8 Å². The maximum Gasteiger partial charge on any atom is 0.245 e. The summed E-state index contributed by atoms with van der Waals surface area (Å²) in [6.45, 7) is 2.07. The molecule has 7 nitrogen and oxygen atoms in total. The number of benzene rings is 1. The fourth-order valence-corrected chi connectivity index (χ4v) is 3.15. The normalized spacial score (nSPS) is 17.5. The third-order valence-electron chi connectivity index (χ3n) is 4.47. The highest BCUT2D eigenvalue weighted by molar-refractivity contribution is 5.77. The number of rotatable bonds is 4. The fraction of sp³-hybridized carbons (Fsp3) is 0.421. The fourth-order valence-electron chi connectivity index (χ4n) is 3.15. The summed E-state index contributed by atoms with van der Waals surface area (Å²) >= 11 is 0. The molecular weight excluding hydrogens is 328 g/mol. The van der Waals surface area contributed by atoms with Crippen LogP contribution in [0.2, 0.25) is 0 Å². The van der Waals surface area contributed by atoms with Crippen LogP contribution in [0.15, 0.2) is 18.2 Å². The summed E-state index contributed by atoms with van der Waals surface area (Å²) in [7, 11) is 5.89. The molecule has 0 saturated carbocycles. The lowest BCUT2D eigenvalue weighted by Gasteiger charge is -2.30. The van der Waals surface area contributed by atoms with Crippen molar-refractivity contribution in [3.63, 3.8) is 0 Å². The van der Waals surface area contributed by atoms with Gasteiger partial charge in [-0.05, 0) is 44.6 Å². The lowest BCUT2D eigenvalue weighted by atomic mass is 10.1. The molecular formula is C19H24N6O. The first-order chi connectivity index (χ1) is 12.5. The van der Waals surface area contributed by atoms with Crippen molar-refractivity contribution in [1.29, 1.82) is 0 Å². The molecule has 1 unspecified atom stereocenters. The number of piperidine rings is 1. The molecule has 1 aromatic heterocycles. The zero-order chi connectivity index (χ0) is 18.7. The molecule has 1 aromatic carbocycles. The highest BCUT2D eigenvalue weighted by Crippen LogP contribution is 2.33. The first-order valence-electron chi connectivity index (χ1n) is 8.65. The molecule has 1 fully saturated rings. The Labute approximate surface area is 154 Å². The number of hydrogen-bond acceptors (Lipinski definition) is 7. The van der Waals surface area contributed by atoms with Gasteiger partial charge >= 0.3 is 0 Å². The molecule has 0 radical (unpaired) electrons. The van der Waals surface area contributed by atoms with Gasteiger partial charge in [-0.2, -0.15) is 4.98 Å². The largest absolute Gasteiger partial charge is 0.507 e. The van der Waals surface area contributed by atoms with Crippen LogP contribution in [0.4, 0.5) is 11.8 Å². The average Bonchev–Trinajstić information content (AvgIpc) is 2.62. The van der Waals surface area contributed by atoms with E-state index >= 15 is 0 Å². The zero-order valence-electron chi connectivity index (χ0n) is 15.4. The minimum Gasteiger partial charge on any atom is -0.507 e. The SMILES string of the molecule is C#Cc1ccc(-c2nnc(NC3CCCN(C)C3)nc2N(C)C)c(O)c1. The van der Waals surface area contributed by atoms with E-state index < -0.39 is 0 Å². The number of nitrogens with one attached hydrogen (secondary N) is 1. The van der Waals surface area contributed by atoms with E-state index in [4.69, 9.17) is 6.42 Å². The van der Waals surface area contributed by atoms with Crippen molar-refractivity contribution in [3.8, 4) is 29.4 Å². The van der Waals surface area contributed by atoms with E-state index in [9.17, 15) is 5.11 Å². The van der Waals surface area contributed by atoms with Gasteiger partial charge in [0.2, 0.25) is 5.95 Å². The van der Waals surface area contributed by atoms with Gasteiger partial charge in [-0.15, -0.1) is 16.6 Å². The van der Waals surface area contributed by atoms with E-state index in [-0.39, 0.29) is 5.75 Å². The number of likely N-dealkylation sites (N-methyl/N-ethyl adjacent to an activating group) is 1. The molecule has 0 aliphatic carbocycles. The Morgan fingerprint density at radius 3 is 2.81 bits per heavy atom. The number of aromatic hydroxyl groups is 1. The number of aromatic nitrogens is 3. The molecule has 2 aromatic rings. The van der Waals surface area contributed by atoms with Crippen molar-refractivity contribution in [2.45, 2.75) is 18.9 Å². The number of nitrogens with zero attached hydrogens (tertiary/aromatic N) is 5. The summed E-state index contributed by atoms with van der Waals surface area (Å²) < 4.78 is 0. The highest BCUT2D eigenvalue weighted by Gasteiger charge is 2.20. The molecule has 0 bridgehead atoms. The highest BCUT2D eigenvalue weighted by atomic mass is 16.3. The Morgan fingerprint density at radius 2 is 2.15 bits per heavy atom. The standard InChI is InChI=1S/C19H24N6O/c1-5-13-8-9-15(16(26)11-13)17-18(24(2)3)21-19(23-22-17)20-14-7-6-10-25(4)12-14/h1,8-9,11,14,26H,6-7,10,12H2,2-4H3,(H,20,21,23). The van der Waals surface area contributed by atoms with E-state index in [0.29, 0.717) is 34.6 Å². The molecule has 3 rings (SSSR count). The van der Waals surface area contributed by atoms with Gasteiger partial charge in [0, 0.05) is 37.8 Å². The molecule has 26 heavy (non-hydrogen) atoms. The first kappa shape index (κ1) is 18.0. The second-order valence-corrected chi connectivity index (χ2v) is 6.82. The van der Waals surface area contributed by atoms with Crippen LogP contribution in [0.1, 0.15) is 18.4 Å². The van der Waals surface area contributed by atoms with Crippen molar-refractivity contribution in [2.24, 2.45) is 0 Å². The summed E-state index contributed by atoms with van der Waals surface area (Å²) in [4.78, 5) is 8.77. The molecule has 0 amide bonds. The van der Waals surface area contributed by atoms with Gasteiger partial charge < -0.3 is 20.2 Å². The lowest BCUT2D eigenvalue weighted by Crippen LogP contribution is -2.40. The minimum atomic E-state index is 0.0641. The molecule has 1 aliphatic heterocycles. The summed E-state index contributed by atoms with van der Waals surface area (Å²) in [5.41, 5.74) is 1.68. The summed E-state index contributed by atoms with van der Waals surface area (Å²) in [5.74, 6) is 3.70. The smallest absolute Gasteiger partial charge is 0.245 e. The summed E-state index contributed by atoms with van der Waals surface area (Å²) in [5, 5.41) is 22.2. The van der Waals surface area contributed by atoms with E-state index in [2.05, 4.69) is 38.4 Å². The Morgan fingerprint density at radius 1 is 1.35 bits per heavy atom. The quantitative estimate of drug-likeness (QED) is 0.813. The third kappa shape index (κ3) is 3.86. The van der Waals surface area contributed by atoms with Crippen LogP contribution < -0.4 is 10.2 Å². The maximum atomic E-state index is 10.3. The van der Waals surface area contributed by atoms with Gasteiger partial charge in [0.25, 0.3) is 0 Å². The first-order valence-corrected chi connectivity index (χ1v) is 8.65. The Hall–Kier alpha value is -2.85. The Balaban J connectivity index is 1.91. The van der Waals surface area contributed by atoms with E-state index in [0.717, 1.165) is 25.9 Å². The van der Waals surface area contributed by atoms with Crippen molar-refractivity contribution in [2.75, 3.05) is 44.4 Å². The molecule has 136 valence electrons. The van der Waals surface area contributed by atoms with Gasteiger partial charge in [-0.25, -0.2) is 0 Å². The average molecular weight is 352 g/mol. The molecule has 2 heterocycles.